The summed E-state index contributed by atoms with van der Waals surface area (Å²) in [4.78, 5) is 0. The lowest BCUT2D eigenvalue weighted by molar-refractivity contribution is 0.267. The van der Waals surface area contributed by atoms with E-state index in [0.717, 1.165) is 25.2 Å². The van der Waals surface area contributed by atoms with Crippen LogP contribution in [0.4, 0.5) is 0 Å². The molecular formula is C13H21NO. The average Bonchev–Trinajstić information content (AvgIpc) is 2.31. The molecule has 0 bridgehead atoms. The van der Waals surface area contributed by atoms with Crippen LogP contribution in [0.2, 0.25) is 0 Å². The van der Waals surface area contributed by atoms with Gasteiger partial charge in [-0.25, -0.2) is 0 Å². The number of rotatable bonds is 6. The maximum absolute atomic E-state index is 5.73. The molecule has 0 heterocycles. The maximum atomic E-state index is 5.73. The van der Waals surface area contributed by atoms with E-state index in [0.29, 0.717) is 6.04 Å². The summed E-state index contributed by atoms with van der Waals surface area (Å²) in [5, 5.41) is 3.23. The second-order valence-corrected chi connectivity index (χ2v) is 3.71. The van der Waals surface area contributed by atoms with Crippen LogP contribution in [0.15, 0.2) is 24.3 Å². The van der Waals surface area contributed by atoms with Crippen molar-refractivity contribution in [1.29, 1.82) is 0 Å². The molecule has 0 saturated heterocycles. The zero-order valence-corrected chi connectivity index (χ0v) is 9.92. The van der Waals surface area contributed by atoms with E-state index in [1.807, 2.05) is 13.1 Å². The first-order valence-corrected chi connectivity index (χ1v) is 5.69. The van der Waals surface area contributed by atoms with Crippen molar-refractivity contribution in [2.45, 2.75) is 32.7 Å². The Morgan fingerprint density at radius 1 is 1.33 bits per heavy atom. The largest absolute Gasteiger partial charge is 0.492 e. The summed E-state index contributed by atoms with van der Waals surface area (Å²) < 4.78 is 5.73. The fourth-order valence-electron chi connectivity index (χ4n) is 1.46. The molecule has 0 radical (unpaired) electrons. The molecule has 0 spiro atoms. The molecule has 0 aliphatic heterocycles. The monoisotopic (exact) mass is 207 g/mol. The Morgan fingerprint density at radius 3 is 2.73 bits per heavy atom. The minimum Gasteiger partial charge on any atom is -0.492 e. The highest BCUT2D eigenvalue weighted by molar-refractivity contribution is 5.28. The molecule has 0 aromatic heterocycles. The highest BCUT2D eigenvalue weighted by Gasteiger charge is 2.03. The highest BCUT2D eigenvalue weighted by atomic mass is 16.5. The third-order valence-electron chi connectivity index (χ3n) is 2.66. The maximum Gasteiger partial charge on any atom is 0.119 e. The van der Waals surface area contributed by atoms with Gasteiger partial charge in [0.1, 0.15) is 12.4 Å². The molecule has 1 aromatic rings. The fraction of sp³-hybridized carbons (Fsp3) is 0.538. The van der Waals surface area contributed by atoms with Crippen LogP contribution in [-0.2, 0) is 6.42 Å². The van der Waals surface area contributed by atoms with Crippen molar-refractivity contribution in [2.24, 2.45) is 0 Å². The summed E-state index contributed by atoms with van der Waals surface area (Å²) in [7, 11) is 1.97. The molecule has 0 amide bonds. The van der Waals surface area contributed by atoms with Gasteiger partial charge in [0.2, 0.25) is 0 Å². The number of likely N-dealkylation sites (N-methyl/N-ethyl adjacent to an activating group) is 1. The summed E-state index contributed by atoms with van der Waals surface area (Å²) in [6.45, 7) is 5.05. The summed E-state index contributed by atoms with van der Waals surface area (Å²) in [5.74, 6) is 0.975. The highest BCUT2D eigenvalue weighted by Crippen LogP contribution is 2.14. The molecule has 0 aliphatic rings. The van der Waals surface area contributed by atoms with E-state index in [4.69, 9.17) is 4.74 Å². The lowest BCUT2D eigenvalue weighted by Gasteiger charge is -2.15. The second-order valence-electron chi connectivity index (χ2n) is 3.71. The predicted molar refractivity (Wildman–Crippen MR) is 64.5 cm³/mol. The van der Waals surface area contributed by atoms with Crippen molar-refractivity contribution in [3.8, 4) is 5.75 Å². The van der Waals surface area contributed by atoms with E-state index < -0.39 is 0 Å². The number of aryl methyl sites for hydroxylation is 1. The summed E-state index contributed by atoms with van der Waals surface area (Å²) in [5.41, 5.74) is 1.32. The van der Waals surface area contributed by atoms with E-state index in [-0.39, 0.29) is 0 Å². The summed E-state index contributed by atoms with van der Waals surface area (Å²) in [6.07, 6.45) is 2.14. The van der Waals surface area contributed by atoms with Gasteiger partial charge in [0.15, 0.2) is 0 Å². The van der Waals surface area contributed by atoms with Gasteiger partial charge in [0.25, 0.3) is 0 Å². The molecule has 0 aliphatic carbocycles. The number of hydrogen-bond acceptors (Lipinski definition) is 2. The second kappa shape index (κ2) is 6.46. The van der Waals surface area contributed by atoms with E-state index in [9.17, 15) is 0 Å². The van der Waals surface area contributed by atoms with E-state index in [1.54, 1.807) is 0 Å². The Balaban J connectivity index is 2.49. The van der Waals surface area contributed by atoms with Gasteiger partial charge in [0, 0.05) is 6.04 Å². The van der Waals surface area contributed by atoms with Crippen molar-refractivity contribution in [3.63, 3.8) is 0 Å². The molecule has 1 aromatic carbocycles. The van der Waals surface area contributed by atoms with E-state index >= 15 is 0 Å². The molecule has 1 N–H and O–H groups in total. The molecule has 2 nitrogen and oxygen atoms in total. The number of hydrogen-bond donors (Lipinski definition) is 1. The first-order chi connectivity index (χ1) is 7.30. The molecule has 1 atom stereocenters. The van der Waals surface area contributed by atoms with Crippen LogP contribution in [0.3, 0.4) is 0 Å². The Kier molecular flexibility index (Phi) is 5.19. The van der Waals surface area contributed by atoms with Crippen LogP contribution in [0.1, 0.15) is 25.8 Å². The van der Waals surface area contributed by atoms with Crippen LogP contribution >= 0.6 is 0 Å². The molecule has 1 rings (SSSR count). The molecular weight excluding hydrogens is 186 g/mol. The third kappa shape index (κ3) is 3.92. The van der Waals surface area contributed by atoms with E-state index in [2.05, 4.69) is 37.4 Å². The van der Waals surface area contributed by atoms with Gasteiger partial charge in [0.05, 0.1) is 0 Å². The Bertz CT molecular complexity index is 282. The quantitative estimate of drug-likeness (QED) is 0.774. The van der Waals surface area contributed by atoms with Crippen molar-refractivity contribution < 1.29 is 4.74 Å². The molecule has 0 fully saturated rings. The minimum atomic E-state index is 0.440. The molecule has 0 saturated carbocycles. The topological polar surface area (TPSA) is 21.3 Å². The first kappa shape index (κ1) is 12.1. The number of nitrogens with one attached hydrogen (secondary N) is 1. The average molecular weight is 207 g/mol. The van der Waals surface area contributed by atoms with Gasteiger partial charge in [-0.05, 0) is 37.6 Å². The van der Waals surface area contributed by atoms with Crippen LogP contribution in [0, 0.1) is 0 Å². The van der Waals surface area contributed by atoms with E-state index in [1.165, 1.54) is 5.56 Å². The van der Waals surface area contributed by atoms with Crippen LogP contribution in [-0.4, -0.2) is 19.7 Å². The third-order valence-corrected chi connectivity index (χ3v) is 2.66. The van der Waals surface area contributed by atoms with Gasteiger partial charge in [-0.15, -0.1) is 0 Å². The molecule has 2 heteroatoms. The number of ether oxygens (including phenoxy) is 1. The van der Waals surface area contributed by atoms with Gasteiger partial charge in [-0.1, -0.05) is 26.0 Å². The molecule has 84 valence electrons. The van der Waals surface area contributed by atoms with Crippen molar-refractivity contribution in [2.75, 3.05) is 13.7 Å². The zero-order chi connectivity index (χ0) is 11.1. The van der Waals surface area contributed by atoms with Crippen molar-refractivity contribution >= 4 is 0 Å². The zero-order valence-electron chi connectivity index (χ0n) is 9.92. The lowest BCUT2D eigenvalue weighted by Crippen LogP contribution is -2.30. The smallest absolute Gasteiger partial charge is 0.119 e. The van der Waals surface area contributed by atoms with Gasteiger partial charge in [-0.3, -0.25) is 0 Å². The molecule has 15 heavy (non-hydrogen) atoms. The van der Waals surface area contributed by atoms with Crippen LogP contribution in [0.25, 0.3) is 0 Å². The van der Waals surface area contributed by atoms with Crippen molar-refractivity contribution in [3.05, 3.63) is 29.8 Å². The van der Waals surface area contributed by atoms with Gasteiger partial charge in [-0.2, -0.15) is 0 Å². The normalized spacial score (nSPS) is 12.5. The summed E-state index contributed by atoms with van der Waals surface area (Å²) in [6, 6.07) is 8.75. The van der Waals surface area contributed by atoms with Crippen molar-refractivity contribution in [1.82, 2.24) is 5.32 Å². The number of benzene rings is 1. The lowest BCUT2D eigenvalue weighted by atomic mass is 10.2. The molecule has 1 unspecified atom stereocenters. The standard InChI is InChI=1S/C13H21NO/c1-4-11-7-6-8-13(9-11)15-10-12(5-2)14-3/h6-9,12,14H,4-5,10H2,1-3H3. The predicted octanol–water partition coefficient (Wildman–Crippen LogP) is 2.63. The van der Waals surface area contributed by atoms with Gasteiger partial charge < -0.3 is 10.1 Å². The Labute approximate surface area is 92.6 Å². The Morgan fingerprint density at radius 2 is 2.13 bits per heavy atom. The first-order valence-electron chi connectivity index (χ1n) is 5.69. The Hall–Kier alpha value is -1.02. The minimum absolute atomic E-state index is 0.440. The summed E-state index contributed by atoms with van der Waals surface area (Å²) >= 11 is 0. The fourth-order valence-corrected chi connectivity index (χ4v) is 1.46. The SMILES string of the molecule is CCc1cccc(OCC(CC)NC)c1. The van der Waals surface area contributed by atoms with Crippen LogP contribution < -0.4 is 10.1 Å². The van der Waals surface area contributed by atoms with Gasteiger partial charge >= 0.3 is 0 Å². The van der Waals surface area contributed by atoms with Crippen LogP contribution in [0.5, 0.6) is 5.75 Å².